The van der Waals surface area contributed by atoms with Gasteiger partial charge in [0, 0.05) is 37.0 Å². The van der Waals surface area contributed by atoms with Crippen molar-refractivity contribution in [2.75, 3.05) is 6.54 Å². The van der Waals surface area contributed by atoms with E-state index in [-0.39, 0.29) is 0 Å². The molecule has 1 aliphatic heterocycles. The lowest BCUT2D eigenvalue weighted by atomic mass is 10.3. The molecule has 122 valence electrons. The summed E-state index contributed by atoms with van der Waals surface area (Å²) in [5.74, 6) is 4.03. The maximum Gasteiger partial charge on any atom is 0.241 e. The van der Waals surface area contributed by atoms with Gasteiger partial charge in [-0.05, 0) is 25.0 Å². The normalized spacial score (nSPS) is 17.8. The van der Waals surface area contributed by atoms with Crippen molar-refractivity contribution in [1.29, 1.82) is 0 Å². The van der Waals surface area contributed by atoms with Crippen LogP contribution in [0.3, 0.4) is 0 Å². The smallest absolute Gasteiger partial charge is 0.241 e. The maximum atomic E-state index is 5.39. The van der Waals surface area contributed by atoms with Gasteiger partial charge in [0.2, 0.25) is 11.7 Å². The summed E-state index contributed by atoms with van der Waals surface area (Å²) in [4.78, 5) is 10.8. The number of fused-ring (bicyclic) bond motifs is 1. The van der Waals surface area contributed by atoms with Gasteiger partial charge in [0.25, 0.3) is 0 Å². The third kappa shape index (κ3) is 2.48. The van der Waals surface area contributed by atoms with Crippen molar-refractivity contribution in [1.82, 2.24) is 34.8 Å². The SMILES string of the molecule is c1cncc(-c2noc(CN3CCn4c(nnc4C4CC4)C3)n2)c1. The average Bonchev–Trinajstić information content (AvgIpc) is 3.21. The van der Waals surface area contributed by atoms with Crippen molar-refractivity contribution in [3.05, 3.63) is 42.1 Å². The molecule has 3 aromatic heterocycles. The Morgan fingerprint density at radius 3 is 3.00 bits per heavy atom. The summed E-state index contributed by atoms with van der Waals surface area (Å²) in [6.45, 7) is 3.26. The highest BCUT2D eigenvalue weighted by atomic mass is 16.5. The Labute approximate surface area is 138 Å². The van der Waals surface area contributed by atoms with Gasteiger partial charge in [-0.15, -0.1) is 10.2 Å². The largest absolute Gasteiger partial charge is 0.338 e. The van der Waals surface area contributed by atoms with Crippen LogP contribution in [0.2, 0.25) is 0 Å². The molecule has 4 heterocycles. The minimum Gasteiger partial charge on any atom is -0.338 e. The number of hydrogen-bond acceptors (Lipinski definition) is 7. The van der Waals surface area contributed by atoms with Crippen LogP contribution in [-0.2, 0) is 19.6 Å². The standard InChI is InChI=1S/C16H17N7O/c1-2-12(8-17-5-1)15-18-14(24-21-15)10-22-6-7-23-13(9-22)19-20-16(23)11-3-4-11/h1-2,5,8,11H,3-4,6-7,9-10H2. The zero-order chi connectivity index (χ0) is 15.9. The fourth-order valence-corrected chi connectivity index (χ4v) is 3.13. The highest BCUT2D eigenvalue weighted by Crippen LogP contribution is 2.39. The zero-order valence-electron chi connectivity index (χ0n) is 13.2. The molecule has 0 amide bonds. The molecule has 0 bridgehead atoms. The summed E-state index contributed by atoms with van der Waals surface area (Å²) in [6.07, 6.45) is 5.96. The van der Waals surface area contributed by atoms with Gasteiger partial charge in [0.1, 0.15) is 11.6 Å². The summed E-state index contributed by atoms with van der Waals surface area (Å²) in [6, 6.07) is 3.78. The Morgan fingerprint density at radius 1 is 1.21 bits per heavy atom. The van der Waals surface area contributed by atoms with Crippen LogP contribution in [0.15, 0.2) is 29.0 Å². The molecule has 1 aliphatic carbocycles. The van der Waals surface area contributed by atoms with Crippen molar-refractivity contribution in [3.63, 3.8) is 0 Å². The first kappa shape index (κ1) is 13.8. The minimum absolute atomic E-state index is 0.578. The quantitative estimate of drug-likeness (QED) is 0.721. The molecular weight excluding hydrogens is 306 g/mol. The Bertz CT molecular complexity index is 852. The van der Waals surface area contributed by atoms with Crippen molar-refractivity contribution in [2.24, 2.45) is 0 Å². The third-order valence-electron chi connectivity index (χ3n) is 4.55. The third-order valence-corrected chi connectivity index (χ3v) is 4.55. The number of rotatable bonds is 4. The van der Waals surface area contributed by atoms with E-state index in [0.717, 1.165) is 31.0 Å². The summed E-state index contributed by atoms with van der Waals surface area (Å²) >= 11 is 0. The molecule has 1 fully saturated rings. The first-order chi connectivity index (χ1) is 11.9. The molecule has 0 aromatic carbocycles. The number of hydrogen-bond donors (Lipinski definition) is 0. The lowest BCUT2D eigenvalue weighted by Gasteiger charge is -2.26. The second-order valence-corrected chi connectivity index (χ2v) is 6.36. The molecule has 0 spiro atoms. The van der Waals surface area contributed by atoms with E-state index in [4.69, 9.17) is 4.52 Å². The van der Waals surface area contributed by atoms with Gasteiger partial charge in [0.15, 0.2) is 0 Å². The van der Waals surface area contributed by atoms with Crippen LogP contribution in [0.5, 0.6) is 0 Å². The van der Waals surface area contributed by atoms with E-state index in [1.54, 1.807) is 12.4 Å². The number of pyridine rings is 1. The Kier molecular flexibility index (Phi) is 3.15. The highest BCUT2D eigenvalue weighted by Gasteiger charge is 2.32. The molecule has 5 rings (SSSR count). The van der Waals surface area contributed by atoms with Gasteiger partial charge < -0.3 is 9.09 Å². The Morgan fingerprint density at radius 2 is 2.17 bits per heavy atom. The van der Waals surface area contributed by atoms with Crippen molar-refractivity contribution in [2.45, 2.75) is 38.4 Å². The molecule has 0 N–H and O–H groups in total. The summed E-state index contributed by atoms with van der Waals surface area (Å²) in [5.41, 5.74) is 0.861. The first-order valence-corrected chi connectivity index (χ1v) is 8.24. The summed E-state index contributed by atoms with van der Waals surface area (Å²) in [5, 5.41) is 12.8. The molecule has 0 atom stereocenters. The van der Waals surface area contributed by atoms with E-state index >= 15 is 0 Å². The molecular formula is C16H17N7O. The second-order valence-electron chi connectivity index (χ2n) is 6.36. The fraction of sp³-hybridized carbons (Fsp3) is 0.438. The van der Waals surface area contributed by atoms with E-state index < -0.39 is 0 Å². The van der Waals surface area contributed by atoms with Gasteiger partial charge in [-0.3, -0.25) is 9.88 Å². The minimum atomic E-state index is 0.578. The lowest BCUT2D eigenvalue weighted by Crippen LogP contribution is -2.34. The van der Waals surface area contributed by atoms with Crippen LogP contribution in [0.25, 0.3) is 11.4 Å². The highest BCUT2D eigenvalue weighted by molar-refractivity contribution is 5.51. The summed E-state index contributed by atoms with van der Waals surface area (Å²) < 4.78 is 7.67. The van der Waals surface area contributed by atoms with Gasteiger partial charge in [-0.1, -0.05) is 5.16 Å². The predicted octanol–water partition coefficient (Wildman–Crippen LogP) is 1.62. The van der Waals surface area contributed by atoms with Gasteiger partial charge in [-0.2, -0.15) is 4.98 Å². The maximum absolute atomic E-state index is 5.39. The molecule has 0 saturated heterocycles. The van der Waals surface area contributed by atoms with Crippen LogP contribution in [0.1, 0.15) is 36.3 Å². The van der Waals surface area contributed by atoms with E-state index in [0.29, 0.717) is 24.2 Å². The van der Waals surface area contributed by atoms with E-state index in [2.05, 4.69) is 34.8 Å². The monoisotopic (exact) mass is 323 g/mol. The predicted molar refractivity (Wildman–Crippen MR) is 83.6 cm³/mol. The van der Waals surface area contributed by atoms with E-state index in [9.17, 15) is 0 Å². The average molecular weight is 323 g/mol. The molecule has 24 heavy (non-hydrogen) atoms. The molecule has 8 heteroatoms. The zero-order valence-corrected chi connectivity index (χ0v) is 13.2. The molecule has 2 aliphatic rings. The first-order valence-electron chi connectivity index (χ1n) is 8.24. The molecule has 3 aromatic rings. The Balaban J connectivity index is 1.30. The van der Waals surface area contributed by atoms with Crippen LogP contribution in [0, 0.1) is 0 Å². The van der Waals surface area contributed by atoms with Crippen molar-refractivity contribution >= 4 is 0 Å². The Hall–Kier alpha value is -2.61. The van der Waals surface area contributed by atoms with Gasteiger partial charge >= 0.3 is 0 Å². The van der Waals surface area contributed by atoms with Gasteiger partial charge in [-0.25, -0.2) is 0 Å². The van der Waals surface area contributed by atoms with E-state index in [1.807, 2.05) is 12.1 Å². The summed E-state index contributed by atoms with van der Waals surface area (Å²) in [7, 11) is 0. The molecule has 0 unspecified atom stereocenters. The van der Waals surface area contributed by atoms with Crippen LogP contribution in [0.4, 0.5) is 0 Å². The van der Waals surface area contributed by atoms with Crippen molar-refractivity contribution < 1.29 is 4.52 Å². The molecule has 1 saturated carbocycles. The fourth-order valence-electron chi connectivity index (χ4n) is 3.13. The second kappa shape index (κ2) is 5.48. The van der Waals surface area contributed by atoms with Crippen molar-refractivity contribution in [3.8, 4) is 11.4 Å². The number of aromatic nitrogens is 6. The molecule has 8 nitrogen and oxygen atoms in total. The van der Waals surface area contributed by atoms with Crippen LogP contribution < -0.4 is 0 Å². The van der Waals surface area contributed by atoms with Crippen LogP contribution in [-0.4, -0.2) is 41.3 Å². The number of nitrogens with zero attached hydrogens (tertiary/aromatic N) is 7. The van der Waals surface area contributed by atoms with E-state index in [1.165, 1.54) is 18.7 Å². The molecule has 0 radical (unpaired) electrons. The topological polar surface area (TPSA) is 85.8 Å². The lowest BCUT2D eigenvalue weighted by molar-refractivity contribution is 0.182. The van der Waals surface area contributed by atoms with Gasteiger partial charge in [0.05, 0.1) is 13.1 Å². The van der Waals surface area contributed by atoms with Crippen LogP contribution >= 0.6 is 0 Å².